The quantitative estimate of drug-likeness (QED) is 0.148. The average Bonchev–Trinajstić information content (AvgIpc) is 3.60. The summed E-state index contributed by atoms with van der Waals surface area (Å²) in [6.07, 6.45) is 0.190. The summed E-state index contributed by atoms with van der Waals surface area (Å²) in [6.45, 7) is 13.7. The van der Waals surface area contributed by atoms with Gasteiger partial charge in [0.25, 0.3) is 0 Å². The van der Waals surface area contributed by atoms with E-state index in [-0.39, 0.29) is 53.9 Å². The highest BCUT2D eigenvalue weighted by Gasteiger charge is 2.43. The second-order valence-corrected chi connectivity index (χ2v) is 15.0. The fourth-order valence-electron chi connectivity index (χ4n) is 7.44. The zero-order chi connectivity index (χ0) is 40.2. The van der Waals surface area contributed by atoms with Gasteiger partial charge in [0.15, 0.2) is 0 Å². The molecule has 0 aliphatic carbocycles. The summed E-state index contributed by atoms with van der Waals surface area (Å²) in [5.41, 5.74) is 0.164. The van der Waals surface area contributed by atoms with Gasteiger partial charge in [0, 0.05) is 34.2 Å². The van der Waals surface area contributed by atoms with E-state index in [4.69, 9.17) is 9.47 Å². The third kappa shape index (κ3) is 11.9. The molecule has 0 saturated carbocycles. The van der Waals surface area contributed by atoms with Crippen molar-refractivity contribution in [3.63, 3.8) is 0 Å². The molecule has 1 aromatic carbocycles. The second kappa shape index (κ2) is 21.3. The number of likely N-dealkylation sites (tertiary alicyclic amines) is 1. The van der Waals surface area contributed by atoms with Crippen LogP contribution in [-0.4, -0.2) is 122 Å². The van der Waals surface area contributed by atoms with E-state index in [0.29, 0.717) is 25.8 Å². The van der Waals surface area contributed by atoms with Crippen LogP contribution in [0, 0.1) is 29.5 Å². The Morgan fingerprint density at radius 1 is 0.962 bits per heavy atom. The second-order valence-electron chi connectivity index (χ2n) is 15.0. The number of methoxy groups -OCH3 is 2. The van der Waals surface area contributed by atoms with Crippen molar-refractivity contribution in [2.75, 3.05) is 34.9 Å². The van der Waals surface area contributed by atoms with Gasteiger partial charge >= 0.3 is 5.97 Å². The predicted molar refractivity (Wildman–Crippen MR) is 200 cm³/mol. The number of hydrogen-bond donors (Lipinski definition) is 4. The van der Waals surface area contributed by atoms with Crippen LogP contribution < -0.4 is 16.0 Å². The van der Waals surface area contributed by atoms with Gasteiger partial charge in [-0.3, -0.25) is 19.2 Å². The molecule has 1 heterocycles. The SMILES string of the molecule is CC[C@H](C)C([C@@H](CC(=O)N1CCC[C@H]1C(OC)[C@@H](C)C(=O)N[C@@H](Cc1ccccc1F)C(=O)O)OC)N(C)C(=O)[C@@H](NC(=O)[C@@H](NC)C(C)C)C(C)C. The lowest BCUT2D eigenvalue weighted by atomic mass is 9.89. The van der Waals surface area contributed by atoms with Crippen molar-refractivity contribution in [3.8, 4) is 0 Å². The molecule has 300 valence electrons. The number of carboxylic acid groups (broad SMARTS) is 1. The molecule has 1 fully saturated rings. The molecule has 9 atom stereocenters. The normalized spacial score (nSPS) is 19.1. The Balaban J connectivity index is 2.27. The van der Waals surface area contributed by atoms with Crippen molar-refractivity contribution in [1.82, 2.24) is 25.8 Å². The third-order valence-electron chi connectivity index (χ3n) is 10.7. The van der Waals surface area contributed by atoms with Crippen molar-refractivity contribution in [3.05, 3.63) is 35.6 Å². The highest BCUT2D eigenvalue weighted by atomic mass is 19.1. The van der Waals surface area contributed by atoms with Crippen LogP contribution in [0.15, 0.2) is 24.3 Å². The number of aliphatic carboxylic acids is 1. The highest BCUT2D eigenvalue weighted by Crippen LogP contribution is 2.30. The van der Waals surface area contributed by atoms with Crippen LogP contribution in [0.4, 0.5) is 4.39 Å². The summed E-state index contributed by atoms with van der Waals surface area (Å²) in [4.78, 5) is 70.2. The molecule has 14 heteroatoms. The molecule has 0 bridgehead atoms. The number of carboxylic acids is 1. The molecule has 2 rings (SSSR count). The van der Waals surface area contributed by atoms with Gasteiger partial charge in [-0.1, -0.05) is 73.1 Å². The molecule has 13 nitrogen and oxygen atoms in total. The van der Waals surface area contributed by atoms with E-state index in [0.717, 1.165) is 0 Å². The van der Waals surface area contributed by atoms with Crippen molar-refractivity contribution in [1.29, 1.82) is 0 Å². The monoisotopic (exact) mass is 749 g/mol. The van der Waals surface area contributed by atoms with Crippen molar-refractivity contribution in [2.45, 2.75) is 123 Å². The van der Waals surface area contributed by atoms with Crippen LogP contribution in [0.1, 0.15) is 79.7 Å². The Bertz CT molecular complexity index is 1380. The van der Waals surface area contributed by atoms with Gasteiger partial charge in [-0.2, -0.15) is 0 Å². The lowest BCUT2D eigenvalue weighted by molar-refractivity contribution is -0.148. The zero-order valence-corrected chi connectivity index (χ0v) is 33.5. The molecule has 1 aliphatic rings. The van der Waals surface area contributed by atoms with Crippen LogP contribution in [0.3, 0.4) is 0 Å². The molecule has 2 unspecified atom stereocenters. The van der Waals surface area contributed by atoms with E-state index in [1.54, 1.807) is 36.9 Å². The fraction of sp³-hybridized carbons (Fsp3) is 0.718. The number of likely N-dealkylation sites (N-methyl/N-ethyl adjacent to an activating group) is 2. The van der Waals surface area contributed by atoms with Gasteiger partial charge in [-0.15, -0.1) is 0 Å². The fourth-order valence-corrected chi connectivity index (χ4v) is 7.44. The average molecular weight is 750 g/mol. The smallest absolute Gasteiger partial charge is 0.326 e. The van der Waals surface area contributed by atoms with Gasteiger partial charge in [0.05, 0.1) is 42.7 Å². The van der Waals surface area contributed by atoms with Crippen LogP contribution in [0.2, 0.25) is 0 Å². The summed E-state index contributed by atoms with van der Waals surface area (Å²) < 4.78 is 26.1. The van der Waals surface area contributed by atoms with Crippen molar-refractivity contribution < 1.29 is 42.9 Å². The number of amides is 4. The Morgan fingerprint density at radius 3 is 2.09 bits per heavy atom. The lowest BCUT2D eigenvalue weighted by Gasteiger charge is -2.41. The Morgan fingerprint density at radius 2 is 1.58 bits per heavy atom. The number of carbonyl (C=O) groups is 5. The first-order chi connectivity index (χ1) is 24.9. The van der Waals surface area contributed by atoms with E-state index in [1.807, 2.05) is 41.5 Å². The number of halogens is 1. The minimum Gasteiger partial charge on any atom is -0.480 e. The third-order valence-corrected chi connectivity index (χ3v) is 10.7. The van der Waals surface area contributed by atoms with Crippen LogP contribution in [0.5, 0.6) is 0 Å². The number of carbonyl (C=O) groups excluding carboxylic acids is 4. The summed E-state index contributed by atoms with van der Waals surface area (Å²) in [7, 11) is 6.36. The van der Waals surface area contributed by atoms with Crippen LogP contribution in [0.25, 0.3) is 0 Å². The first-order valence-corrected chi connectivity index (χ1v) is 18.8. The molecule has 0 radical (unpaired) electrons. The Hall–Kier alpha value is -3.62. The summed E-state index contributed by atoms with van der Waals surface area (Å²) in [6, 6.07) is 2.18. The molecule has 1 aliphatic heterocycles. The number of benzene rings is 1. The predicted octanol–water partition coefficient (Wildman–Crippen LogP) is 3.24. The van der Waals surface area contributed by atoms with Crippen molar-refractivity contribution in [2.24, 2.45) is 23.7 Å². The molecule has 1 saturated heterocycles. The van der Waals surface area contributed by atoms with E-state index >= 15 is 0 Å². The first-order valence-electron chi connectivity index (χ1n) is 18.8. The molecule has 4 N–H and O–H groups in total. The molecular weight excluding hydrogens is 685 g/mol. The van der Waals surface area contributed by atoms with Crippen LogP contribution in [-0.2, 0) is 39.9 Å². The Labute approximate surface area is 315 Å². The molecule has 4 amide bonds. The number of nitrogens with one attached hydrogen (secondary N) is 3. The largest absolute Gasteiger partial charge is 0.480 e. The molecule has 0 spiro atoms. The van der Waals surface area contributed by atoms with Gasteiger partial charge in [-0.25, -0.2) is 9.18 Å². The van der Waals surface area contributed by atoms with E-state index in [1.165, 1.54) is 32.4 Å². The number of hydrogen-bond acceptors (Lipinski definition) is 8. The maximum atomic E-state index is 14.3. The topological polar surface area (TPSA) is 167 Å². The highest BCUT2D eigenvalue weighted by molar-refractivity contribution is 5.90. The number of rotatable bonds is 21. The van der Waals surface area contributed by atoms with E-state index < -0.39 is 66.0 Å². The molecule has 53 heavy (non-hydrogen) atoms. The van der Waals surface area contributed by atoms with Gasteiger partial charge < -0.3 is 40.3 Å². The molecule has 1 aromatic rings. The molecule has 0 aromatic heterocycles. The standard InChI is InChI=1S/C39H64FN5O8/c1-12-24(6)34(44(9)38(49)33(23(4)5)43-37(48)32(41-8)22(2)3)30(52-10)21-31(46)45-19-15-18-29(45)35(53-11)25(7)36(47)42-28(39(50)51)20-26-16-13-14-17-27(26)40/h13-14,16-17,22-25,28-30,32-35,41H,12,15,18-21H2,1-11H3,(H,42,47)(H,43,48)(H,50,51)/t24-,25+,28-,29-,30+,32-,33-,34?,35?/m0/s1. The van der Waals surface area contributed by atoms with E-state index in [2.05, 4.69) is 16.0 Å². The van der Waals surface area contributed by atoms with E-state index in [9.17, 15) is 33.5 Å². The van der Waals surface area contributed by atoms with Crippen LogP contribution >= 0.6 is 0 Å². The summed E-state index contributed by atoms with van der Waals surface area (Å²) in [5.74, 6) is -4.34. The lowest BCUT2D eigenvalue weighted by Crippen LogP contribution is -2.59. The van der Waals surface area contributed by atoms with Gasteiger partial charge in [-0.05, 0) is 49.3 Å². The minimum atomic E-state index is -1.37. The van der Waals surface area contributed by atoms with Gasteiger partial charge in [0.2, 0.25) is 23.6 Å². The maximum absolute atomic E-state index is 14.3. The number of nitrogens with zero attached hydrogens (tertiary/aromatic N) is 2. The van der Waals surface area contributed by atoms with Gasteiger partial charge in [0.1, 0.15) is 17.9 Å². The Kier molecular flexibility index (Phi) is 18.3. The molecular formula is C39H64FN5O8. The number of ether oxygens (including phenoxy) is 2. The summed E-state index contributed by atoms with van der Waals surface area (Å²) in [5, 5.41) is 18.4. The summed E-state index contributed by atoms with van der Waals surface area (Å²) >= 11 is 0. The zero-order valence-electron chi connectivity index (χ0n) is 33.5. The first kappa shape index (κ1) is 45.5. The minimum absolute atomic E-state index is 0.00844. The maximum Gasteiger partial charge on any atom is 0.326 e. The van der Waals surface area contributed by atoms with Crippen molar-refractivity contribution >= 4 is 29.6 Å².